The minimum Gasteiger partial charge on any atom is -0.488 e. The van der Waals surface area contributed by atoms with Gasteiger partial charge in [0.15, 0.2) is 11.6 Å². The predicted molar refractivity (Wildman–Crippen MR) is 157 cm³/mol. The molecule has 6 aromatic rings. The Morgan fingerprint density at radius 1 is 0.977 bits per heavy atom. The molecule has 0 saturated carbocycles. The third-order valence-corrected chi connectivity index (χ3v) is 6.89. The van der Waals surface area contributed by atoms with E-state index in [9.17, 15) is 18.4 Å². The molecule has 216 valence electrons. The second-order valence-electron chi connectivity index (χ2n) is 9.58. The highest BCUT2D eigenvalue weighted by atomic mass is 35.5. The van der Waals surface area contributed by atoms with Crippen LogP contribution in [0.15, 0.2) is 94.8 Å². The Kier molecular flexibility index (Phi) is 7.43. The van der Waals surface area contributed by atoms with Crippen LogP contribution >= 0.6 is 11.6 Å². The Balaban J connectivity index is 1.48. The fourth-order valence-corrected chi connectivity index (χ4v) is 4.74. The van der Waals surface area contributed by atoms with Crippen LogP contribution in [0.5, 0.6) is 5.75 Å². The fraction of sp³-hybridized carbons (Fsp3) is 0.100. The molecule has 6 rings (SSSR count). The standard InChI is InChI=1S/C30H22ClF2N7O3/c1-38-15-19-12-25(21(31)13-24(19)37-38)35-28-36-29(41)40(27-9-5-6-10-34-27)30(42)39(28)16-20-11-22(32)23(33)14-26(20)43-17-18-7-3-2-4-8-18/h2-15H,16-17H2,1H3,(H,35,36,41). The van der Waals surface area contributed by atoms with Crippen LogP contribution in [0.2, 0.25) is 5.02 Å². The van der Waals surface area contributed by atoms with Gasteiger partial charge in [-0.3, -0.25) is 9.25 Å². The highest BCUT2D eigenvalue weighted by molar-refractivity contribution is 6.34. The third-order valence-electron chi connectivity index (χ3n) is 6.57. The molecule has 1 N–H and O–H groups in total. The maximum Gasteiger partial charge on any atom is 0.360 e. The van der Waals surface area contributed by atoms with Gasteiger partial charge in [0.05, 0.1) is 22.8 Å². The Hall–Kier alpha value is -5.36. The van der Waals surface area contributed by atoms with Crippen LogP contribution < -0.4 is 21.4 Å². The number of benzene rings is 3. The van der Waals surface area contributed by atoms with Crippen LogP contribution in [0, 0.1) is 11.6 Å². The van der Waals surface area contributed by atoms with Crippen LogP contribution in [0.4, 0.5) is 20.4 Å². The first-order chi connectivity index (χ1) is 20.8. The molecule has 0 fully saturated rings. The molecule has 3 aromatic heterocycles. The van der Waals surface area contributed by atoms with Crippen molar-refractivity contribution in [3.63, 3.8) is 0 Å². The summed E-state index contributed by atoms with van der Waals surface area (Å²) >= 11 is 6.51. The summed E-state index contributed by atoms with van der Waals surface area (Å²) < 4.78 is 38.3. The number of rotatable bonds is 8. The van der Waals surface area contributed by atoms with E-state index in [0.29, 0.717) is 11.2 Å². The van der Waals surface area contributed by atoms with Gasteiger partial charge in [0, 0.05) is 36.5 Å². The van der Waals surface area contributed by atoms with Crippen LogP contribution in [0.25, 0.3) is 16.7 Å². The maximum atomic E-state index is 14.5. The first-order valence-corrected chi connectivity index (χ1v) is 13.3. The van der Waals surface area contributed by atoms with E-state index in [1.54, 1.807) is 42.2 Å². The van der Waals surface area contributed by atoms with E-state index >= 15 is 0 Å². The first-order valence-electron chi connectivity index (χ1n) is 13.0. The van der Waals surface area contributed by atoms with Crippen molar-refractivity contribution in [1.82, 2.24) is 28.9 Å². The SMILES string of the molecule is Cn1cc2cc(Nc3nc(=O)n(-c4ccccn4)c(=O)n3Cc3cc(F)c(F)cc3OCc3ccccc3)c(Cl)cc2n1. The molecule has 13 heteroatoms. The first kappa shape index (κ1) is 27.8. The summed E-state index contributed by atoms with van der Waals surface area (Å²) in [6.07, 6.45) is 3.19. The van der Waals surface area contributed by atoms with Crippen LogP contribution in [0.3, 0.4) is 0 Å². The monoisotopic (exact) mass is 601 g/mol. The van der Waals surface area contributed by atoms with Crippen LogP contribution in [-0.4, -0.2) is 28.9 Å². The number of ether oxygens (including phenoxy) is 1. The van der Waals surface area contributed by atoms with Crippen molar-refractivity contribution < 1.29 is 13.5 Å². The van der Waals surface area contributed by atoms with Crippen LogP contribution in [0.1, 0.15) is 11.1 Å². The molecule has 0 unspecified atom stereocenters. The Morgan fingerprint density at radius 2 is 1.74 bits per heavy atom. The second kappa shape index (κ2) is 11.5. The fourth-order valence-electron chi connectivity index (χ4n) is 4.53. The van der Waals surface area contributed by atoms with Gasteiger partial charge >= 0.3 is 11.4 Å². The number of hydrogen-bond donors (Lipinski definition) is 1. The van der Waals surface area contributed by atoms with E-state index < -0.39 is 23.0 Å². The number of aryl methyl sites for hydroxylation is 1. The van der Waals surface area contributed by atoms with Crippen molar-refractivity contribution in [2.24, 2.45) is 7.05 Å². The number of halogens is 3. The highest BCUT2D eigenvalue weighted by Gasteiger charge is 2.20. The van der Waals surface area contributed by atoms with E-state index in [-0.39, 0.29) is 41.3 Å². The smallest absolute Gasteiger partial charge is 0.360 e. The average Bonchev–Trinajstić information content (AvgIpc) is 3.35. The average molecular weight is 602 g/mol. The number of nitrogens with zero attached hydrogens (tertiary/aromatic N) is 6. The number of nitrogens with one attached hydrogen (secondary N) is 1. The van der Waals surface area contributed by atoms with E-state index in [1.165, 1.54) is 12.3 Å². The van der Waals surface area contributed by atoms with Gasteiger partial charge in [0.25, 0.3) is 0 Å². The van der Waals surface area contributed by atoms with Crippen molar-refractivity contribution in [2.45, 2.75) is 13.2 Å². The van der Waals surface area contributed by atoms with E-state index in [0.717, 1.165) is 32.2 Å². The van der Waals surface area contributed by atoms with Crippen molar-refractivity contribution in [1.29, 1.82) is 0 Å². The Bertz CT molecular complexity index is 2080. The minimum atomic E-state index is -1.14. The lowest BCUT2D eigenvalue weighted by Crippen LogP contribution is -2.42. The minimum absolute atomic E-state index is 0.00556. The summed E-state index contributed by atoms with van der Waals surface area (Å²) in [6.45, 7) is -0.291. The van der Waals surface area contributed by atoms with Gasteiger partial charge in [-0.05, 0) is 35.9 Å². The highest BCUT2D eigenvalue weighted by Crippen LogP contribution is 2.30. The van der Waals surface area contributed by atoms with Crippen molar-refractivity contribution in [3.8, 4) is 11.6 Å². The van der Waals surface area contributed by atoms with Gasteiger partial charge in [-0.25, -0.2) is 23.4 Å². The molecule has 0 aliphatic carbocycles. The molecule has 43 heavy (non-hydrogen) atoms. The van der Waals surface area contributed by atoms with Gasteiger partial charge in [-0.15, -0.1) is 0 Å². The van der Waals surface area contributed by atoms with E-state index in [1.807, 2.05) is 30.3 Å². The lowest BCUT2D eigenvalue weighted by molar-refractivity contribution is 0.299. The van der Waals surface area contributed by atoms with Crippen molar-refractivity contribution >= 4 is 34.1 Å². The Morgan fingerprint density at radius 3 is 2.51 bits per heavy atom. The number of pyridine rings is 1. The van der Waals surface area contributed by atoms with Gasteiger partial charge in [0.1, 0.15) is 18.2 Å². The number of fused-ring (bicyclic) bond motifs is 1. The molecule has 3 heterocycles. The molecule has 0 aliphatic heterocycles. The van der Waals surface area contributed by atoms with Crippen molar-refractivity contribution in [3.05, 3.63) is 134 Å². The zero-order valence-corrected chi connectivity index (χ0v) is 23.3. The number of hydrogen-bond acceptors (Lipinski definition) is 7. The summed E-state index contributed by atoms with van der Waals surface area (Å²) in [4.78, 5) is 35.3. The molecule has 0 atom stereocenters. The largest absolute Gasteiger partial charge is 0.488 e. The summed E-state index contributed by atoms with van der Waals surface area (Å²) in [7, 11) is 1.76. The molecular formula is C30H22ClF2N7O3. The lowest BCUT2D eigenvalue weighted by atomic mass is 10.1. The number of aromatic nitrogens is 6. The third kappa shape index (κ3) is 5.72. The van der Waals surface area contributed by atoms with Gasteiger partial charge in [0.2, 0.25) is 5.95 Å². The molecule has 10 nitrogen and oxygen atoms in total. The molecular weight excluding hydrogens is 580 g/mol. The Labute approximate surface area is 247 Å². The van der Waals surface area contributed by atoms with Crippen molar-refractivity contribution in [2.75, 3.05) is 5.32 Å². The zero-order valence-electron chi connectivity index (χ0n) is 22.5. The number of anilines is 2. The summed E-state index contributed by atoms with van der Waals surface area (Å²) in [5, 5.41) is 8.28. The summed E-state index contributed by atoms with van der Waals surface area (Å²) in [5.74, 6) is -2.41. The molecule has 3 aromatic carbocycles. The summed E-state index contributed by atoms with van der Waals surface area (Å²) in [6, 6.07) is 19.0. The maximum absolute atomic E-state index is 14.5. The van der Waals surface area contributed by atoms with Gasteiger partial charge < -0.3 is 10.1 Å². The van der Waals surface area contributed by atoms with E-state index in [4.69, 9.17) is 16.3 Å². The summed E-state index contributed by atoms with van der Waals surface area (Å²) in [5.41, 5.74) is 0.148. The predicted octanol–water partition coefficient (Wildman–Crippen LogP) is 4.98. The molecule has 0 bridgehead atoms. The normalized spacial score (nSPS) is 11.2. The lowest BCUT2D eigenvalue weighted by Gasteiger charge is -2.18. The molecule has 0 radical (unpaired) electrons. The molecule has 0 amide bonds. The quantitative estimate of drug-likeness (QED) is 0.262. The molecule has 0 spiro atoms. The van der Waals surface area contributed by atoms with E-state index in [2.05, 4.69) is 20.4 Å². The molecule has 0 saturated heterocycles. The zero-order chi connectivity index (χ0) is 30.1. The molecule has 0 aliphatic rings. The van der Waals surface area contributed by atoms with Gasteiger partial charge in [-0.1, -0.05) is 48.0 Å². The second-order valence-corrected chi connectivity index (χ2v) is 9.98. The topological polar surface area (TPSA) is 109 Å². The van der Waals surface area contributed by atoms with Gasteiger partial charge in [-0.2, -0.15) is 14.6 Å². The van der Waals surface area contributed by atoms with Crippen LogP contribution in [-0.2, 0) is 20.2 Å².